The first-order valence-corrected chi connectivity index (χ1v) is 8.37. The second kappa shape index (κ2) is 6.91. The van der Waals surface area contributed by atoms with Crippen LogP contribution in [0, 0.1) is 0 Å². The first kappa shape index (κ1) is 15.6. The van der Waals surface area contributed by atoms with Crippen molar-refractivity contribution in [1.29, 1.82) is 0 Å². The summed E-state index contributed by atoms with van der Waals surface area (Å²) >= 11 is 0. The van der Waals surface area contributed by atoms with Gasteiger partial charge in [0.1, 0.15) is 5.69 Å². The zero-order valence-corrected chi connectivity index (χ0v) is 13.9. The van der Waals surface area contributed by atoms with Gasteiger partial charge in [-0.3, -0.25) is 4.98 Å². The lowest BCUT2D eigenvalue weighted by molar-refractivity contribution is 0.0221. The molecule has 1 saturated heterocycles. The lowest BCUT2D eigenvalue weighted by Crippen LogP contribution is -2.52. The molecule has 3 aromatic rings. The standard InChI is InChI=1S/C20H20N4O/c21-17-8-6-16(7-9-17)19-20(23-11-10-22-19)24-12-18(13-24)25-14-15-4-2-1-3-5-15/h1-11,18H,12-14,21H2. The Kier molecular flexibility index (Phi) is 4.31. The van der Waals surface area contributed by atoms with Gasteiger partial charge in [-0.05, 0) is 17.7 Å². The Bertz CT molecular complexity index is 830. The lowest BCUT2D eigenvalue weighted by Gasteiger charge is -2.40. The Morgan fingerprint density at radius 3 is 2.44 bits per heavy atom. The molecular formula is C20H20N4O. The summed E-state index contributed by atoms with van der Waals surface area (Å²) in [5.41, 5.74) is 9.61. The number of nitrogens with zero attached hydrogens (tertiary/aromatic N) is 3. The number of nitrogens with two attached hydrogens (primary N) is 1. The number of hydrogen-bond donors (Lipinski definition) is 1. The normalized spacial score (nSPS) is 14.3. The molecule has 4 rings (SSSR count). The Balaban J connectivity index is 1.41. The Morgan fingerprint density at radius 1 is 0.960 bits per heavy atom. The molecule has 25 heavy (non-hydrogen) atoms. The SMILES string of the molecule is Nc1ccc(-c2nccnc2N2CC(OCc3ccccc3)C2)cc1. The fourth-order valence-electron chi connectivity index (χ4n) is 2.91. The van der Waals surface area contributed by atoms with Crippen LogP contribution >= 0.6 is 0 Å². The molecule has 1 aliphatic heterocycles. The Labute approximate surface area is 147 Å². The third-order valence-electron chi connectivity index (χ3n) is 4.34. The number of anilines is 2. The first-order valence-electron chi connectivity index (χ1n) is 8.37. The molecule has 0 amide bonds. The molecule has 0 aliphatic carbocycles. The van der Waals surface area contributed by atoms with Gasteiger partial charge in [0.15, 0.2) is 5.82 Å². The molecule has 126 valence electrons. The molecule has 0 spiro atoms. The van der Waals surface area contributed by atoms with Crippen molar-refractivity contribution in [2.45, 2.75) is 12.7 Å². The minimum absolute atomic E-state index is 0.224. The molecule has 0 unspecified atom stereocenters. The topological polar surface area (TPSA) is 64.3 Å². The number of aromatic nitrogens is 2. The average Bonchev–Trinajstić information content (AvgIpc) is 2.62. The minimum Gasteiger partial charge on any atom is -0.399 e. The minimum atomic E-state index is 0.224. The maximum absolute atomic E-state index is 5.97. The van der Waals surface area contributed by atoms with E-state index in [-0.39, 0.29) is 6.10 Å². The third-order valence-corrected chi connectivity index (χ3v) is 4.34. The zero-order chi connectivity index (χ0) is 17.1. The Morgan fingerprint density at radius 2 is 1.68 bits per heavy atom. The lowest BCUT2D eigenvalue weighted by atomic mass is 10.1. The van der Waals surface area contributed by atoms with E-state index in [1.165, 1.54) is 5.56 Å². The van der Waals surface area contributed by atoms with Gasteiger partial charge in [0.2, 0.25) is 0 Å². The smallest absolute Gasteiger partial charge is 0.155 e. The number of nitrogen functional groups attached to an aromatic ring is 1. The highest BCUT2D eigenvalue weighted by Gasteiger charge is 2.30. The predicted octanol–water partition coefficient (Wildman–Crippen LogP) is 3.13. The third kappa shape index (κ3) is 3.46. The van der Waals surface area contributed by atoms with Crippen LogP contribution in [0.2, 0.25) is 0 Å². The molecule has 2 heterocycles. The molecule has 2 N–H and O–H groups in total. The fourth-order valence-corrected chi connectivity index (χ4v) is 2.91. The molecule has 1 aromatic heterocycles. The molecule has 0 atom stereocenters. The van der Waals surface area contributed by atoms with Crippen molar-refractivity contribution < 1.29 is 4.74 Å². The van der Waals surface area contributed by atoms with Gasteiger partial charge in [-0.1, -0.05) is 42.5 Å². The van der Waals surface area contributed by atoms with Crippen molar-refractivity contribution in [2.75, 3.05) is 23.7 Å². The van der Waals surface area contributed by atoms with E-state index in [0.29, 0.717) is 6.61 Å². The van der Waals surface area contributed by atoms with Gasteiger partial charge in [-0.15, -0.1) is 0 Å². The van der Waals surface area contributed by atoms with Gasteiger partial charge in [-0.2, -0.15) is 0 Å². The maximum atomic E-state index is 5.97. The maximum Gasteiger partial charge on any atom is 0.155 e. The Hall–Kier alpha value is -2.92. The monoisotopic (exact) mass is 332 g/mol. The van der Waals surface area contributed by atoms with Crippen LogP contribution < -0.4 is 10.6 Å². The van der Waals surface area contributed by atoms with E-state index >= 15 is 0 Å². The molecular weight excluding hydrogens is 312 g/mol. The van der Waals surface area contributed by atoms with E-state index in [4.69, 9.17) is 10.5 Å². The zero-order valence-electron chi connectivity index (χ0n) is 13.9. The largest absolute Gasteiger partial charge is 0.399 e. The van der Waals surface area contributed by atoms with E-state index in [0.717, 1.165) is 35.9 Å². The van der Waals surface area contributed by atoms with Crippen LogP contribution in [-0.4, -0.2) is 29.2 Å². The molecule has 2 aromatic carbocycles. The highest BCUT2D eigenvalue weighted by Crippen LogP contribution is 2.30. The molecule has 1 fully saturated rings. The number of hydrogen-bond acceptors (Lipinski definition) is 5. The fraction of sp³-hybridized carbons (Fsp3) is 0.200. The van der Waals surface area contributed by atoms with Crippen molar-refractivity contribution in [2.24, 2.45) is 0 Å². The van der Waals surface area contributed by atoms with Crippen LogP contribution in [0.15, 0.2) is 67.0 Å². The quantitative estimate of drug-likeness (QED) is 0.727. The van der Waals surface area contributed by atoms with Gasteiger partial charge in [-0.25, -0.2) is 4.98 Å². The van der Waals surface area contributed by atoms with Crippen LogP contribution in [0.4, 0.5) is 11.5 Å². The van der Waals surface area contributed by atoms with E-state index in [1.54, 1.807) is 12.4 Å². The molecule has 0 saturated carbocycles. The van der Waals surface area contributed by atoms with Crippen molar-refractivity contribution >= 4 is 11.5 Å². The molecule has 5 heteroatoms. The van der Waals surface area contributed by atoms with Gasteiger partial charge in [0.05, 0.1) is 12.7 Å². The summed E-state index contributed by atoms with van der Waals surface area (Å²) in [6.07, 6.45) is 3.67. The van der Waals surface area contributed by atoms with Crippen molar-refractivity contribution in [3.05, 3.63) is 72.6 Å². The van der Waals surface area contributed by atoms with E-state index in [9.17, 15) is 0 Å². The number of benzene rings is 2. The van der Waals surface area contributed by atoms with Crippen LogP contribution in [0.1, 0.15) is 5.56 Å². The van der Waals surface area contributed by atoms with Gasteiger partial charge >= 0.3 is 0 Å². The molecule has 0 bridgehead atoms. The van der Waals surface area contributed by atoms with Crippen LogP contribution in [0.5, 0.6) is 0 Å². The van der Waals surface area contributed by atoms with Crippen LogP contribution in [0.25, 0.3) is 11.3 Å². The van der Waals surface area contributed by atoms with Gasteiger partial charge < -0.3 is 15.4 Å². The summed E-state index contributed by atoms with van der Waals surface area (Å²) in [6, 6.07) is 18.0. The van der Waals surface area contributed by atoms with E-state index in [1.807, 2.05) is 42.5 Å². The number of ether oxygens (including phenoxy) is 1. The highest BCUT2D eigenvalue weighted by molar-refractivity contribution is 5.73. The van der Waals surface area contributed by atoms with Gasteiger partial charge in [0.25, 0.3) is 0 Å². The first-order chi connectivity index (χ1) is 12.3. The van der Waals surface area contributed by atoms with Crippen molar-refractivity contribution in [1.82, 2.24) is 9.97 Å². The predicted molar refractivity (Wildman–Crippen MR) is 99.1 cm³/mol. The second-order valence-corrected chi connectivity index (χ2v) is 6.17. The summed E-state index contributed by atoms with van der Waals surface area (Å²) in [5.74, 6) is 0.895. The highest BCUT2D eigenvalue weighted by atomic mass is 16.5. The van der Waals surface area contributed by atoms with Crippen molar-refractivity contribution in [3.63, 3.8) is 0 Å². The van der Waals surface area contributed by atoms with Crippen LogP contribution in [0.3, 0.4) is 0 Å². The summed E-state index contributed by atoms with van der Waals surface area (Å²) < 4.78 is 5.97. The van der Waals surface area contributed by atoms with E-state index < -0.39 is 0 Å². The number of rotatable bonds is 5. The summed E-state index contributed by atoms with van der Waals surface area (Å²) in [4.78, 5) is 11.2. The molecule has 0 radical (unpaired) electrons. The molecule has 1 aliphatic rings. The van der Waals surface area contributed by atoms with Crippen molar-refractivity contribution in [3.8, 4) is 11.3 Å². The summed E-state index contributed by atoms with van der Waals surface area (Å²) in [5, 5.41) is 0. The van der Waals surface area contributed by atoms with Crippen LogP contribution in [-0.2, 0) is 11.3 Å². The second-order valence-electron chi connectivity index (χ2n) is 6.17. The summed E-state index contributed by atoms with van der Waals surface area (Å²) in [7, 11) is 0. The average molecular weight is 332 g/mol. The van der Waals surface area contributed by atoms with E-state index in [2.05, 4.69) is 27.0 Å². The van der Waals surface area contributed by atoms with Gasteiger partial charge in [0, 0.05) is 36.7 Å². The molecule has 5 nitrogen and oxygen atoms in total. The summed E-state index contributed by atoms with van der Waals surface area (Å²) in [6.45, 7) is 2.30.